The number of ether oxygens (including phenoxy) is 1. The predicted molar refractivity (Wildman–Crippen MR) is 182 cm³/mol. The van der Waals surface area contributed by atoms with Gasteiger partial charge in [-0.25, -0.2) is 0 Å². The average molecular weight is 679 g/mol. The summed E-state index contributed by atoms with van der Waals surface area (Å²) in [5.41, 5.74) is 3.34. The van der Waals surface area contributed by atoms with E-state index in [0.717, 1.165) is 0 Å². The van der Waals surface area contributed by atoms with Gasteiger partial charge in [0.1, 0.15) is 46.4 Å². The van der Waals surface area contributed by atoms with Gasteiger partial charge in [0.25, 0.3) is 0 Å². The number of phenols is 6. The topological polar surface area (TPSA) is 165 Å². The van der Waals surface area contributed by atoms with Crippen molar-refractivity contribution in [1.82, 2.24) is 0 Å². The second-order valence-electron chi connectivity index (χ2n) is 14.4. The van der Waals surface area contributed by atoms with Gasteiger partial charge < -0.3 is 35.4 Å². The zero-order valence-electron chi connectivity index (χ0n) is 26.8. The lowest BCUT2D eigenvalue weighted by molar-refractivity contribution is -0.135. The number of rotatable bonds is 3. The van der Waals surface area contributed by atoms with Gasteiger partial charge in [-0.2, -0.15) is 0 Å². The van der Waals surface area contributed by atoms with E-state index in [0.29, 0.717) is 50.3 Å². The number of allylic oxidation sites excluding steroid dienone is 1. The van der Waals surface area contributed by atoms with E-state index in [1.54, 1.807) is 78.9 Å². The maximum atomic E-state index is 15.8. The van der Waals surface area contributed by atoms with E-state index in [9.17, 15) is 35.4 Å². The number of ketones is 2. The van der Waals surface area contributed by atoms with Gasteiger partial charge in [-0.1, -0.05) is 36.4 Å². The number of hydrogen-bond donors (Lipinski definition) is 6. The lowest BCUT2D eigenvalue weighted by Crippen LogP contribution is -2.49. The first-order chi connectivity index (χ1) is 24.6. The smallest absolute Gasteiger partial charge is 0.166 e. The van der Waals surface area contributed by atoms with Crippen molar-refractivity contribution in [2.24, 2.45) is 11.3 Å². The molecule has 1 spiro atoms. The Morgan fingerprint density at radius 3 is 1.75 bits per heavy atom. The number of fused-ring (bicyclic) bond motifs is 7. The van der Waals surface area contributed by atoms with Crippen LogP contribution in [0.2, 0.25) is 0 Å². The van der Waals surface area contributed by atoms with Crippen molar-refractivity contribution < 1.29 is 45.0 Å². The summed E-state index contributed by atoms with van der Waals surface area (Å²) in [6.07, 6.45) is 0.841. The molecule has 5 aromatic rings. The SMILES string of the molecule is O=C1C=C2[C@H]3c4c(cc(O)cc4[C@@H]4c5c(O)cc(O)cc5[C@H]5[C@H](c6ccc(O)cc6)[C@H]1C(=O)[C@]25[C@@H]4c1ccc(O)cc1)O[C@@H]3c1ccc(O)cc1. The molecule has 8 atom stereocenters. The standard InChI is InChI=1S/C42H30O9/c43-21-7-1-18(2-8-21)32-37-30(49)17-28-36-34-26(13-25(47)16-31(34)51-40(36)20-5-11-23(45)12-6-20)35-33-27(14-24(46)15-29(33)48)39(32)42(28,41(37)50)38(35)19-3-9-22(44)10-4-19/h1-17,32,35-40,43-48H/t32-,35-,36+,37+,38-,39+,40-,42+/m1/s1. The van der Waals surface area contributed by atoms with E-state index in [-0.39, 0.29) is 46.1 Å². The van der Waals surface area contributed by atoms with Gasteiger partial charge in [0, 0.05) is 46.9 Å². The van der Waals surface area contributed by atoms with E-state index in [1.165, 1.54) is 24.3 Å². The van der Waals surface area contributed by atoms with Crippen LogP contribution in [0, 0.1) is 11.3 Å². The molecule has 9 heteroatoms. The van der Waals surface area contributed by atoms with Crippen LogP contribution in [-0.2, 0) is 9.59 Å². The number of carbonyl (C=O) groups is 2. The van der Waals surface area contributed by atoms with E-state index < -0.39 is 47.0 Å². The second-order valence-corrected chi connectivity index (χ2v) is 14.4. The van der Waals surface area contributed by atoms with Crippen molar-refractivity contribution in [1.29, 1.82) is 0 Å². The monoisotopic (exact) mass is 678 g/mol. The van der Waals surface area contributed by atoms with Gasteiger partial charge in [0.05, 0.1) is 17.3 Å². The Morgan fingerprint density at radius 2 is 1.10 bits per heavy atom. The average Bonchev–Trinajstić information content (AvgIpc) is 3.54. The van der Waals surface area contributed by atoms with Crippen LogP contribution in [0.3, 0.4) is 0 Å². The van der Waals surface area contributed by atoms with Gasteiger partial charge in [-0.15, -0.1) is 0 Å². The lowest BCUT2D eigenvalue weighted by Gasteiger charge is -2.52. The molecule has 3 bridgehead atoms. The highest BCUT2D eigenvalue weighted by molar-refractivity contribution is 6.18. The highest BCUT2D eigenvalue weighted by atomic mass is 16.5. The summed E-state index contributed by atoms with van der Waals surface area (Å²) < 4.78 is 6.67. The highest BCUT2D eigenvalue weighted by Crippen LogP contribution is 2.79. The van der Waals surface area contributed by atoms with Crippen LogP contribution in [0.5, 0.6) is 40.2 Å². The van der Waals surface area contributed by atoms with Crippen molar-refractivity contribution in [3.63, 3.8) is 0 Å². The molecule has 0 radical (unpaired) electrons. The number of phenolic OH excluding ortho intramolecular Hbond substituents is 6. The van der Waals surface area contributed by atoms with Gasteiger partial charge in [-0.05, 0) is 88.0 Å². The highest BCUT2D eigenvalue weighted by Gasteiger charge is 2.75. The number of aromatic hydroxyl groups is 6. The van der Waals surface area contributed by atoms with E-state index >= 15 is 4.79 Å². The Bertz CT molecular complexity index is 2380. The molecule has 6 N–H and O–H groups in total. The Balaban J connectivity index is 1.39. The minimum Gasteiger partial charge on any atom is -0.508 e. The molecule has 5 aliphatic rings. The molecule has 51 heavy (non-hydrogen) atoms. The molecule has 10 rings (SSSR count). The molecular formula is C42H30O9. The third-order valence-electron chi connectivity index (χ3n) is 12.1. The number of Topliss-reactive ketones (excluding diaryl/α,β-unsaturated/α-hetero) is 1. The van der Waals surface area contributed by atoms with E-state index in [1.807, 2.05) is 0 Å². The van der Waals surface area contributed by atoms with Crippen LogP contribution < -0.4 is 4.74 Å². The first kappa shape index (κ1) is 29.7. The summed E-state index contributed by atoms with van der Waals surface area (Å²) >= 11 is 0. The van der Waals surface area contributed by atoms with E-state index in [2.05, 4.69) is 0 Å². The van der Waals surface area contributed by atoms with Crippen molar-refractivity contribution in [2.75, 3.05) is 0 Å². The molecule has 5 aromatic carbocycles. The first-order valence-corrected chi connectivity index (χ1v) is 16.8. The fourth-order valence-electron chi connectivity index (χ4n) is 10.5. The fraction of sp³-hybridized carbons (Fsp3) is 0.190. The molecule has 1 fully saturated rings. The summed E-state index contributed by atoms with van der Waals surface area (Å²) in [5, 5.41) is 65.1. The molecule has 9 nitrogen and oxygen atoms in total. The normalized spacial score (nSPS) is 29.1. The maximum Gasteiger partial charge on any atom is 0.166 e. The third-order valence-corrected chi connectivity index (χ3v) is 12.1. The van der Waals surface area contributed by atoms with Gasteiger partial charge >= 0.3 is 0 Å². The van der Waals surface area contributed by atoms with Crippen LogP contribution in [0.15, 0.2) is 109 Å². The van der Waals surface area contributed by atoms with Crippen molar-refractivity contribution in [3.8, 4) is 40.2 Å². The zero-order valence-corrected chi connectivity index (χ0v) is 26.8. The van der Waals surface area contributed by atoms with E-state index in [4.69, 9.17) is 4.74 Å². The van der Waals surface area contributed by atoms with Crippen LogP contribution >= 0.6 is 0 Å². The molecule has 1 aliphatic heterocycles. The predicted octanol–water partition coefficient (Wildman–Crippen LogP) is 6.64. The van der Waals surface area contributed by atoms with Crippen LogP contribution in [0.4, 0.5) is 0 Å². The Labute approximate surface area is 291 Å². The van der Waals surface area contributed by atoms with Crippen LogP contribution in [0.1, 0.15) is 74.6 Å². The Hall–Kier alpha value is -6.22. The number of carbonyl (C=O) groups excluding carboxylic acids is 2. The zero-order chi connectivity index (χ0) is 35.1. The number of hydrogen-bond acceptors (Lipinski definition) is 9. The minimum atomic E-state index is -1.45. The molecule has 1 saturated carbocycles. The third kappa shape index (κ3) is 3.70. The molecule has 4 aliphatic carbocycles. The summed E-state index contributed by atoms with van der Waals surface area (Å²) in [7, 11) is 0. The summed E-state index contributed by atoms with van der Waals surface area (Å²) in [4.78, 5) is 30.4. The molecule has 252 valence electrons. The molecular weight excluding hydrogens is 648 g/mol. The first-order valence-electron chi connectivity index (χ1n) is 16.8. The minimum absolute atomic E-state index is 0.0211. The van der Waals surface area contributed by atoms with Gasteiger partial charge in [-0.3, -0.25) is 9.59 Å². The molecule has 0 unspecified atom stereocenters. The summed E-state index contributed by atoms with van der Waals surface area (Å²) in [5.74, 6) is -5.59. The second kappa shape index (κ2) is 9.94. The van der Waals surface area contributed by atoms with Crippen molar-refractivity contribution >= 4 is 11.6 Å². The lowest BCUT2D eigenvalue weighted by atomic mass is 9.48. The fourth-order valence-corrected chi connectivity index (χ4v) is 10.5. The largest absolute Gasteiger partial charge is 0.508 e. The molecule has 0 aromatic heterocycles. The van der Waals surface area contributed by atoms with Crippen LogP contribution in [-0.4, -0.2) is 42.2 Å². The van der Waals surface area contributed by atoms with Crippen molar-refractivity contribution in [2.45, 2.75) is 35.7 Å². The number of benzene rings is 5. The van der Waals surface area contributed by atoms with Gasteiger partial charge in [0.2, 0.25) is 0 Å². The van der Waals surface area contributed by atoms with Crippen molar-refractivity contribution in [3.05, 3.63) is 148 Å². The van der Waals surface area contributed by atoms with Crippen LogP contribution in [0.25, 0.3) is 0 Å². The molecule has 0 saturated heterocycles. The molecule has 0 amide bonds. The summed E-state index contributed by atoms with van der Waals surface area (Å²) in [6, 6.07) is 25.6. The molecule has 1 heterocycles. The van der Waals surface area contributed by atoms with Gasteiger partial charge in [0.15, 0.2) is 11.6 Å². The quantitative estimate of drug-likeness (QED) is 0.115. The Kier molecular flexibility index (Phi) is 5.78. The summed E-state index contributed by atoms with van der Waals surface area (Å²) in [6.45, 7) is 0. The Morgan fingerprint density at radius 1 is 0.529 bits per heavy atom. The maximum absolute atomic E-state index is 15.8.